The molecule has 1 heterocycles. The molecule has 20 heavy (non-hydrogen) atoms. The molecule has 0 saturated carbocycles. The van der Waals surface area contributed by atoms with E-state index in [1.165, 1.54) is 0 Å². The van der Waals surface area contributed by atoms with Crippen molar-refractivity contribution in [3.05, 3.63) is 45.4 Å². The zero-order chi connectivity index (χ0) is 14.7. The molecule has 0 unspecified atom stereocenters. The van der Waals surface area contributed by atoms with E-state index in [9.17, 15) is 9.59 Å². The fourth-order valence-electron chi connectivity index (χ4n) is 2.42. The molecule has 0 fully saturated rings. The second-order valence-electron chi connectivity index (χ2n) is 5.97. The number of rotatable bonds is 0. The van der Waals surface area contributed by atoms with Gasteiger partial charge >= 0.3 is 11.9 Å². The molecule has 2 aromatic carbocycles. The molecular weight excluding hydrogens is 320 g/mol. The molecule has 3 nitrogen and oxygen atoms in total. The summed E-state index contributed by atoms with van der Waals surface area (Å²) < 4.78 is 5.51. The minimum absolute atomic E-state index is 0.0318. The predicted octanol–water partition coefficient (Wildman–Crippen LogP) is 4.21. The summed E-state index contributed by atoms with van der Waals surface area (Å²) >= 11 is 3.45. The highest BCUT2D eigenvalue weighted by atomic mass is 79.9. The smallest absolute Gasteiger partial charge is 0.347 e. The molecule has 0 spiro atoms. The highest BCUT2D eigenvalue weighted by molar-refractivity contribution is 9.10. The molecule has 102 valence electrons. The monoisotopic (exact) mass is 332 g/mol. The Morgan fingerprint density at radius 2 is 1.70 bits per heavy atom. The van der Waals surface area contributed by atoms with Crippen LogP contribution in [0.1, 0.15) is 47.1 Å². The Balaban J connectivity index is 2.42. The first-order valence-corrected chi connectivity index (χ1v) is 7.11. The van der Waals surface area contributed by atoms with Gasteiger partial charge in [-0.05, 0) is 33.9 Å². The Labute approximate surface area is 125 Å². The van der Waals surface area contributed by atoms with Crippen molar-refractivity contribution in [2.45, 2.75) is 26.2 Å². The topological polar surface area (TPSA) is 43.4 Å². The lowest BCUT2D eigenvalue weighted by atomic mass is 9.85. The van der Waals surface area contributed by atoms with Gasteiger partial charge in [0, 0.05) is 4.47 Å². The van der Waals surface area contributed by atoms with E-state index in [0.717, 1.165) is 20.8 Å². The summed E-state index contributed by atoms with van der Waals surface area (Å²) in [6, 6.07) is 7.64. The van der Waals surface area contributed by atoms with Crippen LogP contribution in [-0.2, 0) is 10.2 Å². The van der Waals surface area contributed by atoms with Crippen LogP contribution in [0.4, 0.5) is 0 Å². The largest absolute Gasteiger partial charge is 0.386 e. The van der Waals surface area contributed by atoms with E-state index in [-0.39, 0.29) is 5.41 Å². The number of hydrogen-bond acceptors (Lipinski definition) is 3. The highest BCUT2D eigenvalue weighted by Crippen LogP contribution is 2.36. The molecule has 3 rings (SSSR count). The van der Waals surface area contributed by atoms with Crippen molar-refractivity contribution in [1.82, 2.24) is 0 Å². The number of fused-ring (bicyclic) bond motifs is 3. The lowest BCUT2D eigenvalue weighted by Crippen LogP contribution is -2.11. The predicted molar refractivity (Wildman–Crippen MR) is 80.1 cm³/mol. The van der Waals surface area contributed by atoms with Gasteiger partial charge in [0.25, 0.3) is 0 Å². The number of benzene rings is 2. The minimum atomic E-state index is -0.575. The Kier molecular flexibility index (Phi) is 2.77. The van der Waals surface area contributed by atoms with Crippen LogP contribution in [0, 0.1) is 0 Å². The molecule has 0 aromatic heterocycles. The number of carbonyl (C=O) groups excluding carboxylic acids is 2. The van der Waals surface area contributed by atoms with Crippen molar-refractivity contribution in [3.8, 4) is 0 Å². The zero-order valence-electron chi connectivity index (χ0n) is 11.4. The molecule has 1 aliphatic heterocycles. The third kappa shape index (κ3) is 1.86. The maximum atomic E-state index is 11.9. The van der Waals surface area contributed by atoms with Crippen LogP contribution in [0.3, 0.4) is 0 Å². The second kappa shape index (κ2) is 4.16. The minimum Gasteiger partial charge on any atom is -0.386 e. The molecule has 0 atom stereocenters. The van der Waals surface area contributed by atoms with Crippen LogP contribution < -0.4 is 0 Å². The first kappa shape index (κ1) is 13.3. The molecule has 0 N–H and O–H groups in total. The van der Waals surface area contributed by atoms with Gasteiger partial charge in [-0.1, -0.05) is 48.8 Å². The number of ether oxygens (including phenoxy) is 1. The molecular formula is C16H13BrO3. The van der Waals surface area contributed by atoms with Crippen LogP contribution in [0.15, 0.2) is 28.7 Å². The van der Waals surface area contributed by atoms with Gasteiger partial charge in [-0.2, -0.15) is 0 Å². The van der Waals surface area contributed by atoms with Gasteiger partial charge in [-0.15, -0.1) is 0 Å². The standard InChI is InChI=1S/C16H13BrO3/c1-16(2,3)8-4-5-9-10(6-8)13-11(7-12(9)17)14(18)20-15(13)19/h4-7H,1-3H3. The number of esters is 2. The molecule has 0 aliphatic carbocycles. The van der Waals surface area contributed by atoms with Crippen LogP contribution in [0.2, 0.25) is 0 Å². The Morgan fingerprint density at radius 1 is 1.00 bits per heavy atom. The molecule has 1 aliphatic rings. The van der Waals surface area contributed by atoms with Crippen molar-refractivity contribution in [2.75, 3.05) is 0 Å². The van der Waals surface area contributed by atoms with E-state index in [1.807, 2.05) is 18.2 Å². The van der Waals surface area contributed by atoms with E-state index in [4.69, 9.17) is 4.74 Å². The number of halogens is 1. The fraction of sp³-hybridized carbons (Fsp3) is 0.250. The summed E-state index contributed by atoms with van der Waals surface area (Å²) in [7, 11) is 0. The SMILES string of the molecule is CC(C)(C)c1ccc2c(Br)cc3c(c2c1)C(=O)OC3=O. The normalized spacial score (nSPS) is 14.6. The Bertz CT molecular complexity index is 769. The summed E-state index contributed by atoms with van der Waals surface area (Å²) in [6.07, 6.45) is 0. The number of hydrogen-bond donors (Lipinski definition) is 0. The molecule has 0 bridgehead atoms. The van der Waals surface area contributed by atoms with E-state index >= 15 is 0 Å². The Morgan fingerprint density at radius 3 is 2.35 bits per heavy atom. The van der Waals surface area contributed by atoms with Gasteiger partial charge in [0.1, 0.15) is 0 Å². The van der Waals surface area contributed by atoms with Crippen LogP contribution >= 0.6 is 15.9 Å². The Hall–Kier alpha value is -1.68. The van der Waals surface area contributed by atoms with Crippen LogP contribution in [0.5, 0.6) is 0 Å². The quantitative estimate of drug-likeness (QED) is 0.536. The summed E-state index contributed by atoms with van der Waals surface area (Å²) in [5.41, 5.74) is 1.78. The fourth-order valence-corrected chi connectivity index (χ4v) is 2.99. The summed E-state index contributed by atoms with van der Waals surface area (Å²) in [6.45, 7) is 6.32. The highest BCUT2D eigenvalue weighted by Gasteiger charge is 2.32. The van der Waals surface area contributed by atoms with E-state index in [2.05, 4.69) is 36.7 Å². The lowest BCUT2D eigenvalue weighted by Gasteiger charge is -2.20. The van der Waals surface area contributed by atoms with Crippen molar-refractivity contribution in [2.24, 2.45) is 0 Å². The average Bonchev–Trinajstić information content (AvgIpc) is 2.63. The van der Waals surface area contributed by atoms with Gasteiger partial charge in [-0.3, -0.25) is 0 Å². The van der Waals surface area contributed by atoms with Gasteiger partial charge < -0.3 is 4.74 Å². The molecule has 0 saturated heterocycles. The van der Waals surface area contributed by atoms with Crippen molar-refractivity contribution < 1.29 is 14.3 Å². The van der Waals surface area contributed by atoms with E-state index in [1.54, 1.807) is 6.07 Å². The third-order valence-electron chi connectivity index (χ3n) is 3.56. The third-order valence-corrected chi connectivity index (χ3v) is 4.22. The summed E-state index contributed by atoms with van der Waals surface area (Å²) in [5.74, 6) is -1.14. The van der Waals surface area contributed by atoms with Crippen LogP contribution in [0.25, 0.3) is 10.8 Å². The summed E-state index contributed by atoms with van der Waals surface area (Å²) in [4.78, 5) is 23.6. The number of cyclic esters (lactones) is 2. The maximum Gasteiger partial charge on any atom is 0.347 e. The van der Waals surface area contributed by atoms with E-state index in [0.29, 0.717) is 11.1 Å². The zero-order valence-corrected chi connectivity index (χ0v) is 13.0. The maximum absolute atomic E-state index is 11.9. The second-order valence-corrected chi connectivity index (χ2v) is 6.82. The lowest BCUT2D eigenvalue weighted by molar-refractivity contribution is 0.0444. The van der Waals surface area contributed by atoms with Gasteiger partial charge in [-0.25, -0.2) is 9.59 Å². The van der Waals surface area contributed by atoms with Gasteiger partial charge in [0.2, 0.25) is 0 Å². The summed E-state index contributed by atoms with van der Waals surface area (Å²) in [5, 5.41) is 1.67. The molecule has 4 heteroatoms. The first-order valence-electron chi connectivity index (χ1n) is 6.32. The van der Waals surface area contributed by atoms with Crippen molar-refractivity contribution >= 4 is 38.6 Å². The molecule has 2 aromatic rings. The number of carbonyl (C=O) groups is 2. The van der Waals surface area contributed by atoms with Gasteiger partial charge in [0.05, 0.1) is 11.1 Å². The van der Waals surface area contributed by atoms with Crippen LogP contribution in [-0.4, -0.2) is 11.9 Å². The average molecular weight is 333 g/mol. The van der Waals surface area contributed by atoms with Gasteiger partial charge in [0.15, 0.2) is 0 Å². The van der Waals surface area contributed by atoms with E-state index < -0.39 is 11.9 Å². The first-order chi connectivity index (χ1) is 9.29. The molecule has 0 amide bonds. The van der Waals surface area contributed by atoms with Crippen molar-refractivity contribution in [3.63, 3.8) is 0 Å². The molecule has 0 radical (unpaired) electrons. The van der Waals surface area contributed by atoms with Crippen molar-refractivity contribution in [1.29, 1.82) is 0 Å².